The van der Waals surface area contributed by atoms with Crippen LogP contribution in [0.15, 0.2) is 0 Å². The number of rotatable bonds is 4. The molecule has 0 aromatic carbocycles. The van der Waals surface area contributed by atoms with Gasteiger partial charge in [-0.2, -0.15) is 0 Å². The minimum atomic E-state index is -1.20. The lowest BCUT2D eigenvalue weighted by Crippen LogP contribution is -2.45. The largest absolute Gasteiger partial charge is 0.330 e. The molecule has 3 heteroatoms. The lowest BCUT2D eigenvalue weighted by molar-refractivity contribution is -0.0384. The molecule has 0 aromatic heterocycles. The van der Waals surface area contributed by atoms with E-state index in [1.807, 2.05) is 0 Å². The van der Waals surface area contributed by atoms with Gasteiger partial charge in [-0.05, 0) is 131 Å². The van der Waals surface area contributed by atoms with Crippen LogP contribution < -0.4 is 5.73 Å². The van der Waals surface area contributed by atoms with E-state index in [2.05, 4.69) is 6.92 Å². The van der Waals surface area contributed by atoms with E-state index < -0.39 is 12.3 Å². The maximum absolute atomic E-state index is 15.3. The van der Waals surface area contributed by atoms with Gasteiger partial charge in [0.25, 0.3) is 0 Å². The first-order valence-corrected chi connectivity index (χ1v) is 13.0. The van der Waals surface area contributed by atoms with E-state index in [1.165, 1.54) is 51.4 Å². The first-order valence-electron chi connectivity index (χ1n) is 13.0. The summed E-state index contributed by atoms with van der Waals surface area (Å²) >= 11 is 0. The van der Waals surface area contributed by atoms with Crippen molar-refractivity contribution in [2.75, 3.05) is 6.54 Å². The third-order valence-corrected chi connectivity index (χ3v) is 9.94. The van der Waals surface area contributed by atoms with E-state index in [0.717, 1.165) is 68.7 Å². The molecule has 0 saturated heterocycles. The molecule has 1 nitrogen and oxygen atoms in total. The Labute approximate surface area is 178 Å². The normalized spacial score (nSPS) is 49.7. The minimum Gasteiger partial charge on any atom is -0.330 e. The van der Waals surface area contributed by atoms with Crippen LogP contribution >= 0.6 is 0 Å². The minimum absolute atomic E-state index is 0.00214. The van der Waals surface area contributed by atoms with Crippen LogP contribution in [0.2, 0.25) is 0 Å². The fourth-order valence-corrected chi connectivity index (χ4v) is 7.82. The van der Waals surface area contributed by atoms with Gasteiger partial charge in [-0.15, -0.1) is 0 Å². The van der Waals surface area contributed by atoms with Crippen molar-refractivity contribution < 1.29 is 8.78 Å². The first-order chi connectivity index (χ1) is 14.1. The number of nitrogens with two attached hydrogens (primary N) is 1. The van der Waals surface area contributed by atoms with Gasteiger partial charge in [0.2, 0.25) is 0 Å². The molecule has 0 amide bonds. The Bertz CT molecular complexity index is 487. The molecule has 4 saturated carbocycles. The van der Waals surface area contributed by atoms with Crippen molar-refractivity contribution in [2.45, 2.75) is 109 Å². The number of hydrogen-bond acceptors (Lipinski definition) is 1. The van der Waals surface area contributed by atoms with Crippen molar-refractivity contribution in [1.29, 1.82) is 0 Å². The highest BCUT2D eigenvalue weighted by molar-refractivity contribution is 4.95. The van der Waals surface area contributed by atoms with Gasteiger partial charge >= 0.3 is 0 Å². The van der Waals surface area contributed by atoms with Crippen molar-refractivity contribution in [3.8, 4) is 0 Å². The third-order valence-electron chi connectivity index (χ3n) is 9.94. The summed E-state index contributed by atoms with van der Waals surface area (Å²) in [6.07, 6.45) is 14.3. The van der Waals surface area contributed by atoms with Gasteiger partial charge in [-0.3, -0.25) is 0 Å². The monoisotopic (exact) mass is 409 g/mol. The molecule has 0 spiro atoms. The Kier molecular flexibility index (Phi) is 7.57. The van der Waals surface area contributed by atoms with Gasteiger partial charge in [-0.1, -0.05) is 19.8 Å². The van der Waals surface area contributed by atoms with Crippen LogP contribution in [-0.2, 0) is 0 Å². The lowest BCUT2D eigenvalue weighted by atomic mass is 9.62. The zero-order valence-corrected chi connectivity index (χ0v) is 18.7. The molecule has 4 rings (SSSR count). The summed E-state index contributed by atoms with van der Waals surface area (Å²) < 4.78 is 30.4. The predicted molar refractivity (Wildman–Crippen MR) is 117 cm³/mol. The highest BCUT2D eigenvalue weighted by Crippen LogP contribution is 2.49. The molecule has 0 radical (unpaired) electrons. The standard InChI is InChI=1S/C26H45F2N/c1-17-2-6-21(7-3-17)23-14-15-24(26(28)25(23)27)22-12-10-20(11-13-22)19-8-4-18(16-29)5-9-19/h17-26H,2-16,29H2,1H3. The Morgan fingerprint density at radius 2 is 0.931 bits per heavy atom. The summed E-state index contributed by atoms with van der Waals surface area (Å²) in [6, 6.07) is 0. The smallest absolute Gasteiger partial charge is 0.134 e. The van der Waals surface area contributed by atoms with Gasteiger partial charge < -0.3 is 5.73 Å². The quantitative estimate of drug-likeness (QED) is 0.527. The fraction of sp³-hybridized carbons (Fsp3) is 1.00. The molecule has 4 aliphatic carbocycles. The maximum Gasteiger partial charge on any atom is 0.134 e. The van der Waals surface area contributed by atoms with Gasteiger partial charge in [0.15, 0.2) is 0 Å². The van der Waals surface area contributed by atoms with Crippen LogP contribution in [0.1, 0.15) is 96.8 Å². The number of halogens is 2. The fourth-order valence-electron chi connectivity index (χ4n) is 7.82. The second-order valence-electron chi connectivity index (χ2n) is 11.5. The molecule has 0 aromatic rings. The van der Waals surface area contributed by atoms with E-state index in [-0.39, 0.29) is 11.8 Å². The molecular weight excluding hydrogens is 364 g/mol. The molecule has 4 aliphatic rings. The van der Waals surface area contributed by atoms with Crippen LogP contribution in [0.4, 0.5) is 8.78 Å². The third kappa shape index (κ3) is 5.01. The van der Waals surface area contributed by atoms with Gasteiger partial charge in [0.1, 0.15) is 12.3 Å². The molecule has 168 valence electrons. The first kappa shape index (κ1) is 22.0. The van der Waals surface area contributed by atoms with Crippen LogP contribution in [0.3, 0.4) is 0 Å². The molecule has 0 bridgehead atoms. The van der Waals surface area contributed by atoms with Crippen LogP contribution in [-0.4, -0.2) is 18.9 Å². The number of hydrogen-bond donors (Lipinski definition) is 1. The SMILES string of the molecule is CC1CCC(C2CCC(C3CCC(C4CCC(CN)CC4)CC3)C(F)C2F)CC1. The average Bonchev–Trinajstić information content (AvgIpc) is 2.77. The molecule has 2 N–H and O–H groups in total. The zero-order valence-electron chi connectivity index (χ0n) is 18.7. The van der Waals surface area contributed by atoms with E-state index in [0.29, 0.717) is 11.8 Å². The summed E-state index contributed by atoms with van der Waals surface area (Å²) in [7, 11) is 0. The Morgan fingerprint density at radius 3 is 1.38 bits per heavy atom. The number of alkyl halides is 2. The van der Waals surface area contributed by atoms with Gasteiger partial charge in [0.05, 0.1) is 0 Å². The van der Waals surface area contributed by atoms with Gasteiger partial charge in [0, 0.05) is 0 Å². The second-order valence-corrected chi connectivity index (χ2v) is 11.5. The van der Waals surface area contributed by atoms with E-state index >= 15 is 8.78 Å². The molecule has 0 heterocycles. The van der Waals surface area contributed by atoms with Crippen molar-refractivity contribution in [1.82, 2.24) is 0 Å². The predicted octanol–water partition coefficient (Wildman–Crippen LogP) is 7.09. The molecular formula is C26H45F2N. The van der Waals surface area contributed by atoms with Crippen LogP contribution in [0.5, 0.6) is 0 Å². The van der Waals surface area contributed by atoms with Crippen molar-refractivity contribution in [3.63, 3.8) is 0 Å². The van der Waals surface area contributed by atoms with Crippen LogP contribution in [0.25, 0.3) is 0 Å². The van der Waals surface area contributed by atoms with Crippen LogP contribution in [0, 0.1) is 47.3 Å². The average molecular weight is 410 g/mol. The van der Waals surface area contributed by atoms with Gasteiger partial charge in [-0.25, -0.2) is 8.78 Å². The molecule has 0 aliphatic heterocycles. The molecule has 4 unspecified atom stereocenters. The summed E-state index contributed by atoms with van der Waals surface area (Å²) in [6.45, 7) is 3.16. The lowest BCUT2D eigenvalue weighted by Gasteiger charge is -2.45. The summed E-state index contributed by atoms with van der Waals surface area (Å²) in [5.41, 5.74) is 5.85. The topological polar surface area (TPSA) is 26.0 Å². The summed E-state index contributed by atoms with van der Waals surface area (Å²) in [5, 5.41) is 0. The highest BCUT2D eigenvalue weighted by atomic mass is 19.2. The van der Waals surface area contributed by atoms with E-state index in [4.69, 9.17) is 5.73 Å². The van der Waals surface area contributed by atoms with Crippen molar-refractivity contribution in [2.24, 2.45) is 53.1 Å². The maximum atomic E-state index is 15.3. The summed E-state index contributed by atoms with van der Waals surface area (Å²) in [4.78, 5) is 0. The Balaban J connectivity index is 1.25. The highest BCUT2D eigenvalue weighted by Gasteiger charge is 2.46. The Morgan fingerprint density at radius 1 is 0.552 bits per heavy atom. The molecule has 4 atom stereocenters. The van der Waals surface area contributed by atoms with E-state index in [9.17, 15) is 0 Å². The van der Waals surface area contributed by atoms with Crippen molar-refractivity contribution in [3.05, 3.63) is 0 Å². The molecule has 29 heavy (non-hydrogen) atoms. The molecule has 4 fully saturated rings. The summed E-state index contributed by atoms with van der Waals surface area (Å²) in [5.74, 6) is 4.12. The van der Waals surface area contributed by atoms with Crippen molar-refractivity contribution >= 4 is 0 Å². The Hall–Kier alpha value is -0.180. The zero-order chi connectivity index (χ0) is 20.4. The second kappa shape index (κ2) is 9.96. The van der Waals surface area contributed by atoms with E-state index in [1.54, 1.807) is 0 Å².